The van der Waals surface area contributed by atoms with E-state index in [-0.39, 0.29) is 0 Å². The van der Waals surface area contributed by atoms with Gasteiger partial charge in [0.15, 0.2) is 0 Å². The van der Waals surface area contributed by atoms with Crippen molar-refractivity contribution in [2.75, 3.05) is 7.11 Å². The van der Waals surface area contributed by atoms with Crippen molar-refractivity contribution >= 4 is 8.81 Å². The van der Waals surface area contributed by atoms with Crippen LogP contribution in [0.2, 0.25) is 0 Å². The van der Waals surface area contributed by atoms with E-state index >= 15 is 0 Å². The molecule has 0 aromatic carbocycles. The fraction of sp³-hybridized carbons (Fsp3) is 1.00. The van der Waals surface area contributed by atoms with Crippen LogP contribution in [0.3, 0.4) is 0 Å². The lowest BCUT2D eigenvalue weighted by atomic mass is 10.4. The molecule has 0 heterocycles. The summed E-state index contributed by atoms with van der Waals surface area (Å²) >= 11 is 0. The zero-order valence-corrected chi connectivity index (χ0v) is 6.19. The molecule has 0 saturated carbocycles. The van der Waals surface area contributed by atoms with E-state index in [2.05, 4.69) is 13.8 Å². The highest BCUT2D eigenvalue weighted by Crippen LogP contribution is 2.20. The molecule has 0 fully saturated rings. The average Bonchev–Trinajstić information content (AvgIpc) is 1.68. The molecule has 0 aliphatic rings. The monoisotopic (exact) mass is 120 g/mol. The van der Waals surface area contributed by atoms with Crippen molar-refractivity contribution in [3.8, 4) is 0 Å². The fourth-order valence-electron chi connectivity index (χ4n) is 0.285. The quantitative estimate of drug-likeness (QED) is 0.518. The van der Waals surface area contributed by atoms with E-state index in [1.54, 1.807) is 7.11 Å². The first-order chi connectivity index (χ1) is 3.31. The van der Waals surface area contributed by atoms with E-state index in [0.717, 1.165) is 5.66 Å². The normalized spacial score (nSPS) is 15.9. The Morgan fingerprint density at radius 2 is 2.29 bits per heavy atom. The minimum Gasteiger partial charge on any atom is -0.365 e. The summed E-state index contributed by atoms with van der Waals surface area (Å²) in [4.78, 5) is 0. The second-order valence-corrected chi connectivity index (χ2v) is 3.26. The molecule has 0 spiro atoms. The fourth-order valence-corrected chi connectivity index (χ4v) is 0.854. The zero-order chi connectivity index (χ0) is 5.70. The first-order valence-corrected chi connectivity index (χ1v) is 3.58. The van der Waals surface area contributed by atoms with Gasteiger partial charge in [-0.1, -0.05) is 13.8 Å². The van der Waals surface area contributed by atoms with E-state index in [0.29, 0.717) is 8.81 Å². The molecule has 0 N–H and O–H groups in total. The lowest BCUT2D eigenvalue weighted by molar-refractivity contribution is 0.468. The Hall–Kier alpha value is 0.390. The lowest BCUT2D eigenvalue weighted by Crippen LogP contribution is -1.88. The molecule has 0 aromatic rings. The van der Waals surface area contributed by atoms with Crippen LogP contribution >= 0.6 is 8.81 Å². The van der Waals surface area contributed by atoms with Gasteiger partial charge in [-0.25, -0.2) is 0 Å². The molecule has 44 valence electrons. The second kappa shape index (κ2) is 4.55. The highest BCUT2D eigenvalue weighted by molar-refractivity contribution is 7.33. The Morgan fingerprint density at radius 1 is 1.71 bits per heavy atom. The third-order valence-corrected chi connectivity index (χ3v) is 1.98. The third kappa shape index (κ3) is 4.24. The Labute approximate surface area is 47.3 Å². The van der Waals surface area contributed by atoms with E-state index < -0.39 is 0 Å². The summed E-state index contributed by atoms with van der Waals surface area (Å²) in [6, 6.07) is 0. The Morgan fingerprint density at radius 3 is 2.43 bits per heavy atom. The summed E-state index contributed by atoms with van der Waals surface area (Å²) in [5.74, 6) is 0. The first kappa shape index (κ1) is 7.39. The van der Waals surface area contributed by atoms with Crippen LogP contribution in [0.5, 0.6) is 0 Å². The second-order valence-electron chi connectivity index (χ2n) is 1.63. The van der Waals surface area contributed by atoms with Gasteiger partial charge in [-0.2, -0.15) is 0 Å². The summed E-state index contributed by atoms with van der Waals surface area (Å²) in [6.45, 7) is 4.37. The summed E-state index contributed by atoms with van der Waals surface area (Å²) in [7, 11) is 2.44. The summed E-state index contributed by atoms with van der Waals surface area (Å²) < 4.78 is 4.92. The SMILES string of the molecule is CCC(C)POC. The molecular weight excluding hydrogens is 107 g/mol. The van der Waals surface area contributed by atoms with Gasteiger partial charge < -0.3 is 4.52 Å². The molecule has 0 aliphatic carbocycles. The van der Waals surface area contributed by atoms with Gasteiger partial charge in [0.1, 0.15) is 0 Å². The lowest BCUT2D eigenvalue weighted by Gasteiger charge is -2.03. The first-order valence-electron chi connectivity index (χ1n) is 2.59. The van der Waals surface area contributed by atoms with Gasteiger partial charge >= 0.3 is 0 Å². The van der Waals surface area contributed by atoms with Crippen molar-refractivity contribution in [3.63, 3.8) is 0 Å². The van der Waals surface area contributed by atoms with Gasteiger partial charge in [-0.05, 0) is 12.1 Å². The van der Waals surface area contributed by atoms with Crippen LogP contribution < -0.4 is 0 Å². The van der Waals surface area contributed by atoms with E-state index in [4.69, 9.17) is 4.52 Å². The van der Waals surface area contributed by atoms with Gasteiger partial charge in [0.2, 0.25) is 0 Å². The van der Waals surface area contributed by atoms with E-state index in [1.807, 2.05) is 0 Å². The predicted molar refractivity (Wildman–Crippen MR) is 35.1 cm³/mol. The molecule has 0 aliphatic heterocycles. The number of hydrogen-bond donors (Lipinski definition) is 0. The standard InChI is InChI=1S/C5H13OP/c1-4-5(2)7-6-3/h5,7H,4H2,1-3H3. The van der Waals surface area contributed by atoms with E-state index in [1.165, 1.54) is 6.42 Å². The minimum absolute atomic E-state index is 0.689. The molecule has 2 heteroatoms. The highest BCUT2D eigenvalue weighted by Gasteiger charge is 1.93. The van der Waals surface area contributed by atoms with Crippen LogP contribution in [0.15, 0.2) is 0 Å². The molecule has 2 atom stereocenters. The van der Waals surface area contributed by atoms with Crippen molar-refractivity contribution in [2.45, 2.75) is 25.9 Å². The smallest absolute Gasteiger partial charge is 0.0394 e. The molecule has 0 amide bonds. The maximum atomic E-state index is 4.92. The average molecular weight is 120 g/mol. The number of rotatable bonds is 3. The van der Waals surface area contributed by atoms with Crippen LogP contribution in [0.25, 0.3) is 0 Å². The van der Waals surface area contributed by atoms with Crippen LogP contribution in [0.1, 0.15) is 20.3 Å². The molecule has 2 unspecified atom stereocenters. The predicted octanol–water partition coefficient (Wildman–Crippen LogP) is 2.02. The van der Waals surface area contributed by atoms with Crippen molar-refractivity contribution < 1.29 is 4.52 Å². The third-order valence-electron chi connectivity index (χ3n) is 0.931. The van der Waals surface area contributed by atoms with Crippen LogP contribution in [-0.4, -0.2) is 12.8 Å². The van der Waals surface area contributed by atoms with Gasteiger partial charge in [-0.15, -0.1) is 0 Å². The van der Waals surface area contributed by atoms with Crippen molar-refractivity contribution in [1.29, 1.82) is 0 Å². The largest absolute Gasteiger partial charge is 0.365 e. The van der Waals surface area contributed by atoms with Gasteiger partial charge in [0.25, 0.3) is 0 Å². The number of hydrogen-bond acceptors (Lipinski definition) is 1. The molecule has 0 saturated heterocycles. The molecule has 7 heavy (non-hydrogen) atoms. The molecule has 0 radical (unpaired) electrons. The van der Waals surface area contributed by atoms with Gasteiger partial charge in [0, 0.05) is 15.9 Å². The molecule has 0 rings (SSSR count). The Balaban J connectivity index is 2.83. The molecule has 1 nitrogen and oxygen atoms in total. The van der Waals surface area contributed by atoms with Crippen LogP contribution in [0, 0.1) is 0 Å². The Kier molecular flexibility index (Phi) is 4.80. The summed E-state index contributed by atoms with van der Waals surface area (Å²) in [6.07, 6.45) is 1.23. The van der Waals surface area contributed by atoms with Crippen LogP contribution in [0.4, 0.5) is 0 Å². The highest BCUT2D eigenvalue weighted by atomic mass is 31.1. The maximum Gasteiger partial charge on any atom is 0.0394 e. The molecule has 0 aromatic heterocycles. The summed E-state index contributed by atoms with van der Waals surface area (Å²) in [5, 5.41) is 0. The van der Waals surface area contributed by atoms with Crippen LogP contribution in [-0.2, 0) is 4.52 Å². The van der Waals surface area contributed by atoms with Crippen molar-refractivity contribution in [2.24, 2.45) is 0 Å². The van der Waals surface area contributed by atoms with Gasteiger partial charge in [-0.3, -0.25) is 0 Å². The molecule has 0 bridgehead atoms. The van der Waals surface area contributed by atoms with E-state index in [9.17, 15) is 0 Å². The zero-order valence-electron chi connectivity index (χ0n) is 5.19. The van der Waals surface area contributed by atoms with Crippen molar-refractivity contribution in [1.82, 2.24) is 0 Å². The van der Waals surface area contributed by atoms with Gasteiger partial charge in [0.05, 0.1) is 0 Å². The maximum absolute atomic E-state index is 4.92. The minimum atomic E-state index is 0.689. The molecular formula is C5H13OP. The summed E-state index contributed by atoms with van der Waals surface area (Å²) in [5.41, 5.74) is 0.755. The Bertz CT molecular complexity index is 39.1. The topological polar surface area (TPSA) is 9.23 Å². The van der Waals surface area contributed by atoms with Crippen molar-refractivity contribution in [3.05, 3.63) is 0 Å².